The first-order chi connectivity index (χ1) is 15.1. The van der Waals surface area contributed by atoms with Crippen LogP contribution in [0.1, 0.15) is 6.42 Å². The fourth-order valence-electron chi connectivity index (χ4n) is 4.17. The number of fused-ring (bicyclic) bond motifs is 3. The van der Waals surface area contributed by atoms with Crippen LogP contribution >= 0.6 is 11.6 Å². The van der Waals surface area contributed by atoms with E-state index in [2.05, 4.69) is 20.2 Å². The van der Waals surface area contributed by atoms with E-state index in [9.17, 15) is 4.39 Å². The first kappa shape index (κ1) is 20.2. The number of rotatable bonds is 7. The molecule has 2 atom stereocenters. The molecule has 0 radical (unpaired) electrons. The summed E-state index contributed by atoms with van der Waals surface area (Å²) >= 11 is 5.90. The highest BCUT2D eigenvalue weighted by atomic mass is 35.5. The van der Waals surface area contributed by atoms with E-state index in [1.807, 2.05) is 12.1 Å². The molecule has 2 saturated heterocycles. The summed E-state index contributed by atoms with van der Waals surface area (Å²) in [7, 11) is 1.60. The molecule has 31 heavy (non-hydrogen) atoms. The molecule has 2 fully saturated rings. The number of morpholine rings is 1. The van der Waals surface area contributed by atoms with Crippen molar-refractivity contribution in [1.29, 1.82) is 0 Å². The molecule has 2 aliphatic rings. The van der Waals surface area contributed by atoms with Gasteiger partial charge in [-0.2, -0.15) is 0 Å². The summed E-state index contributed by atoms with van der Waals surface area (Å²) in [4.78, 5) is 11.1. The maximum Gasteiger partial charge on any atom is 0.162 e. The third-order valence-corrected chi connectivity index (χ3v) is 6.04. The molecule has 5 rings (SSSR count). The lowest BCUT2D eigenvalue weighted by Crippen LogP contribution is -2.39. The van der Waals surface area contributed by atoms with Crippen molar-refractivity contribution in [3.05, 3.63) is 47.5 Å². The van der Waals surface area contributed by atoms with E-state index in [4.69, 9.17) is 25.8 Å². The maximum atomic E-state index is 13.5. The predicted octanol–water partition coefficient (Wildman–Crippen LogP) is 4.03. The number of hydrogen-bond donors (Lipinski definition) is 1. The molecule has 2 aliphatic heterocycles. The minimum Gasteiger partial charge on any atom is -0.493 e. The van der Waals surface area contributed by atoms with Crippen LogP contribution in [0.5, 0.6) is 11.5 Å². The van der Waals surface area contributed by atoms with E-state index >= 15 is 0 Å². The highest BCUT2D eigenvalue weighted by Crippen LogP contribution is 2.35. The van der Waals surface area contributed by atoms with E-state index in [1.165, 1.54) is 18.5 Å². The van der Waals surface area contributed by atoms with Gasteiger partial charge in [0, 0.05) is 36.3 Å². The van der Waals surface area contributed by atoms with E-state index in [0.29, 0.717) is 47.3 Å². The minimum absolute atomic E-state index is 0.0371. The number of ether oxygens (including phenoxy) is 3. The fraction of sp³-hybridized carbons (Fsp3) is 0.364. The molecule has 162 valence electrons. The normalized spacial score (nSPS) is 20.4. The largest absolute Gasteiger partial charge is 0.493 e. The molecular weight excluding hydrogens is 423 g/mol. The lowest BCUT2D eigenvalue weighted by molar-refractivity contribution is 0.0257. The summed E-state index contributed by atoms with van der Waals surface area (Å²) in [6.45, 7) is 3.14. The number of methoxy groups -OCH3 is 1. The van der Waals surface area contributed by atoms with Gasteiger partial charge in [-0.3, -0.25) is 4.90 Å². The zero-order valence-electron chi connectivity index (χ0n) is 17.0. The Morgan fingerprint density at radius 2 is 2.16 bits per heavy atom. The Hall–Kier alpha value is -2.68. The molecule has 3 heterocycles. The first-order valence-electron chi connectivity index (χ1n) is 10.1. The molecule has 1 aromatic heterocycles. The fourth-order valence-corrected chi connectivity index (χ4v) is 4.35. The molecule has 0 spiro atoms. The van der Waals surface area contributed by atoms with E-state index in [-0.39, 0.29) is 5.02 Å². The van der Waals surface area contributed by atoms with Crippen molar-refractivity contribution in [3.63, 3.8) is 0 Å². The Morgan fingerprint density at radius 1 is 1.26 bits per heavy atom. The molecule has 0 amide bonds. The Balaban J connectivity index is 1.37. The molecule has 3 aromatic rings. The van der Waals surface area contributed by atoms with Gasteiger partial charge in [-0.05, 0) is 30.7 Å². The van der Waals surface area contributed by atoms with Gasteiger partial charge in [0.15, 0.2) is 11.5 Å². The van der Waals surface area contributed by atoms with Crippen LogP contribution in [0.15, 0.2) is 36.7 Å². The van der Waals surface area contributed by atoms with Crippen LogP contribution in [0.3, 0.4) is 0 Å². The highest BCUT2D eigenvalue weighted by Gasteiger charge is 2.38. The van der Waals surface area contributed by atoms with Crippen molar-refractivity contribution in [3.8, 4) is 11.5 Å². The molecule has 9 heteroatoms. The quantitative estimate of drug-likeness (QED) is 0.590. The highest BCUT2D eigenvalue weighted by molar-refractivity contribution is 6.31. The maximum absolute atomic E-state index is 13.5. The van der Waals surface area contributed by atoms with Crippen molar-refractivity contribution >= 4 is 34.0 Å². The zero-order valence-corrected chi connectivity index (χ0v) is 17.7. The number of anilines is 2. The molecule has 2 aromatic carbocycles. The second-order valence-electron chi connectivity index (χ2n) is 7.68. The van der Waals surface area contributed by atoms with Crippen LogP contribution in [0.2, 0.25) is 5.02 Å². The Kier molecular flexibility index (Phi) is 5.52. The monoisotopic (exact) mass is 444 g/mol. The molecule has 1 N–H and O–H groups in total. The van der Waals surface area contributed by atoms with Gasteiger partial charge in [-0.25, -0.2) is 14.4 Å². The third-order valence-electron chi connectivity index (χ3n) is 5.75. The Labute approximate surface area is 184 Å². The summed E-state index contributed by atoms with van der Waals surface area (Å²) in [5, 5.41) is 3.97. The molecule has 0 aliphatic carbocycles. The summed E-state index contributed by atoms with van der Waals surface area (Å²) in [6, 6.07) is 8.60. The van der Waals surface area contributed by atoms with Crippen molar-refractivity contribution in [1.82, 2.24) is 14.9 Å². The molecule has 0 unspecified atom stereocenters. The molecular formula is C22H22ClFN4O3. The number of halogens is 2. The average molecular weight is 445 g/mol. The lowest BCUT2D eigenvalue weighted by Gasteiger charge is -2.26. The van der Waals surface area contributed by atoms with Crippen LogP contribution in [-0.2, 0) is 4.74 Å². The van der Waals surface area contributed by atoms with E-state index in [1.54, 1.807) is 13.2 Å². The minimum atomic E-state index is -0.474. The second kappa shape index (κ2) is 8.45. The number of hydrogen-bond acceptors (Lipinski definition) is 7. The molecule has 0 saturated carbocycles. The lowest BCUT2D eigenvalue weighted by atomic mass is 10.2. The topological polar surface area (TPSA) is 68.7 Å². The molecule has 2 bridgehead atoms. The van der Waals surface area contributed by atoms with E-state index < -0.39 is 5.82 Å². The van der Waals surface area contributed by atoms with Gasteiger partial charge in [-0.1, -0.05) is 11.6 Å². The first-order valence-corrected chi connectivity index (χ1v) is 10.5. The van der Waals surface area contributed by atoms with Gasteiger partial charge >= 0.3 is 0 Å². The standard InChI is InChI=1S/C22H22ClFN4O3/c1-29-20-9-19-16(8-21(20)30-5-4-28-10-15-7-14(28)11-31-15)22(26-12-25-19)27-13-2-3-18(24)17(23)6-13/h2-3,6,8-9,12,14-15H,4-5,7,10-11H2,1H3,(H,25,26,27)/t14-,15-/m0/s1. The van der Waals surface area contributed by atoms with Crippen LogP contribution < -0.4 is 14.8 Å². The van der Waals surface area contributed by atoms with Crippen molar-refractivity contribution in [2.45, 2.75) is 18.6 Å². The molecule has 7 nitrogen and oxygen atoms in total. The van der Waals surface area contributed by atoms with Crippen molar-refractivity contribution in [2.24, 2.45) is 0 Å². The van der Waals surface area contributed by atoms with Crippen LogP contribution in [0.25, 0.3) is 10.9 Å². The van der Waals surface area contributed by atoms with Gasteiger partial charge in [-0.15, -0.1) is 0 Å². The summed E-state index contributed by atoms with van der Waals surface area (Å²) < 4.78 is 30.7. The SMILES string of the molecule is COc1cc2ncnc(Nc3ccc(F)c(Cl)c3)c2cc1OCCN1C[C@@H]2C[C@H]1CO2. The summed E-state index contributed by atoms with van der Waals surface area (Å²) in [5.74, 6) is 1.31. The van der Waals surface area contributed by atoms with Crippen molar-refractivity contribution < 1.29 is 18.6 Å². The van der Waals surface area contributed by atoms with Crippen LogP contribution in [0, 0.1) is 5.82 Å². The van der Waals surface area contributed by atoms with Gasteiger partial charge in [0.25, 0.3) is 0 Å². The van der Waals surface area contributed by atoms with Crippen molar-refractivity contribution in [2.75, 3.05) is 38.7 Å². The third kappa shape index (κ3) is 4.11. The predicted molar refractivity (Wildman–Crippen MR) is 116 cm³/mol. The number of benzene rings is 2. The number of aromatic nitrogens is 2. The Bertz CT molecular complexity index is 1120. The number of nitrogens with zero attached hydrogens (tertiary/aromatic N) is 3. The summed E-state index contributed by atoms with van der Waals surface area (Å²) in [6.07, 6.45) is 2.94. The van der Waals surface area contributed by atoms with E-state index in [0.717, 1.165) is 31.5 Å². The van der Waals surface area contributed by atoms with Gasteiger partial charge in [0.1, 0.15) is 24.6 Å². The smallest absolute Gasteiger partial charge is 0.162 e. The summed E-state index contributed by atoms with van der Waals surface area (Å²) in [5.41, 5.74) is 1.32. The Morgan fingerprint density at radius 3 is 2.90 bits per heavy atom. The average Bonchev–Trinajstić information content (AvgIpc) is 3.40. The van der Waals surface area contributed by atoms with Crippen LogP contribution in [-0.4, -0.2) is 60.4 Å². The second-order valence-corrected chi connectivity index (χ2v) is 8.09. The zero-order chi connectivity index (χ0) is 21.4. The van der Waals surface area contributed by atoms with Crippen LogP contribution in [0.4, 0.5) is 15.9 Å². The number of likely N-dealkylation sites (tertiary alicyclic amines) is 1. The number of nitrogens with one attached hydrogen (secondary N) is 1. The van der Waals surface area contributed by atoms with Gasteiger partial charge in [0.05, 0.1) is 30.4 Å². The van der Waals surface area contributed by atoms with Gasteiger partial charge in [0.2, 0.25) is 0 Å². The van der Waals surface area contributed by atoms with Gasteiger partial charge < -0.3 is 19.5 Å².